The van der Waals surface area contributed by atoms with E-state index in [1.807, 2.05) is 25.1 Å². The van der Waals surface area contributed by atoms with Crippen molar-refractivity contribution in [2.24, 2.45) is 0 Å². The zero-order valence-electron chi connectivity index (χ0n) is 20.7. The highest BCUT2D eigenvalue weighted by Gasteiger charge is 2.37. The molecular weight excluding hydrogens is 406 g/mol. The minimum absolute atomic E-state index is 0.0933. The molecule has 4 heteroatoms. The van der Waals surface area contributed by atoms with Gasteiger partial charge in [0, 0.05) is 11.8 Å². The van der Waals surface area contributed by atoms with Crippen LogP contribution in [0.5, 0.6) is 0 Å². The lowest BCUT2D eigenvalue weighted by Gasteiger charge is -2.42. The molecule has 3 aromatic rings. The van der Waals surface area contributed by atoms with E-state index in [9.17, 15) is 4.79 Å². The SMILES string of the molecule is Cc1cnc(CNC(=O)c2cccc(Cc3cc4c(cc3C)C(C)(C)CCC4(C)C)c2)cn1. The van der Waals surface area contributed by atoms with Gasteiger partial charge in [0.25, 0.3) is 5.91 Å². The van der Waals surface area contributed by atoms with Crippen LogP contribution in [0.3, 0.4) is 0 Å². The fraction of sp³-hybridized carbons (Fsp3) is 0.414. The molecule has 0 radical (unpaired) electrons. The molecule has 0 atom stereocenters. The van der Waals surface area contributed by atoms with E-state index in [-0.39, 0.29) is 16.7 Å². The summed E-state index contributed by atoms with van der Waals surface area (Å²) in [5.74, 6) is -0.0933. The van der Waals surface area contributed by atoms with Crippen LogP contribution in [-0.2, 0) is 23.8 Å². The number of aromatic nitrogens is 2. The summed E-state index contributed by atoms with van der Waals surface area (Å²) in [6.07, 6.45) is 6.66. The lowest BCUT2D eigenvalue weighted by atomic mass is 9.62. The maximum Gasteiger partial charge on any atom is 0.251 e. The molecule has 1 aliphatic rings. The molecule has 1 amide bonds. The summed E-state index contributed by atoms with van der Waals surface area (Å²) in [7, 11) is 0. The monoisotopic (exact) mass is 441 g/mol. The van der Waals surface area contributed by atoms with Crippen LogP contribution in [0.4, 0.5) is 0 Å². The Labute approximate surface area is 197 Å². The van der Waals surface area contributed by atoms with E-state index in [4.69, 9.17) is 0 Å². The van der Waals surface area contributed by atoms with Gasteiger partial charge in [-0.05, 0) is 83.9 Å². The average Bonchev–Trinajstić information content (AvgIpc) is 2.77. The van der Waals surface area contributed by atoms with Gasteiger partial charge in [-0.15, -0.1) is 0 Å². The van der Waals surface area contributed by atoms with Gasteiger partial charge in [0.1, 0.15) is 0 Å². The van der Waals surface area contributed by atoms with Crippen molar-refractivity contribution in [1.29, 1.82) is 0 Å². The lowest BCUT2D eigenvalue weighted by Crippen LogP contribution is -2.34. The van der Waals surface area contributed by atoms with Crippen LogP contribution in [0, 0.1) is 13.8 Å². The van der Waals surface area contributed by atoms with Gasteiger partial charge in [0.2, 0.25) is 0 Å². The highest BCUT2D eigenvalue weighted by molar-refractivity contribution is 5.94. The number of carbonyl (C=O) groups excluding carboxylic acids is 1. The molecule has 1 aliphatic carbocycles. The predicted octanol–water partition coefficient (Wildman–Crippen LogP) is 5.96. The molecule has 0 fully saturated rings. The largest absolute Gasteiger partial charge is 0.346 e. The van der Waals surface area contributed by atoms with Crippen LogP contribution in [0.25, 0.3) is 0 Å². The molecule has 0 aliphatic heterocycles. The topological polar surface area (TPSA) is 54.9 Å². The Kier molecular flexibility index (Phi) is 6.13. The van der Waals surface area contributed by atoms with E-state index in [0.717, 1.165) is 23.4 Å². The zero-order valence-corrected chi connectivity index (χ0v) is 20.7. The molecule has 4 rings (SSSR count). The number of benzene rings is 2. The van der Waals surface area contributed by atoms with Gasteiger partial charge in [0.15, 0.2) is 0 Å². The fourth-order valence-electron chi connectivity index (χ4n) is 4.78. The van der Waals surface area contributed by atoms with E-state index < -0.39 is 0 Å². The summed E-state index contributed by atoms with van der Waals surface area (Å²) in [6, 6.07) is 12.8. The number of nitrogens with zero attached hydrogens (tertiary/aromatic N) is 2. The number of rotatable bonds is 5. The molecule has 4 nitrogen and oxygen atoms in total. The van der Waals surface area contributed by atoms with Gasteiger partial charge in [0.05, 0.1) is 24.1 Å². The van der Waals surface area contributed by atoms with E-state index in [2.05, 4.69) is 68.1 Å². The third-order valence-electron chi connectivity index (χ3n) is 7.16. The molecule has 0 unspecified atom stereocenters. The van der Waals surface area contributed by atoms with Crippen molar-refractivity contribution in [3.63, 3.8) is 0 Å². The number of amides is 1. The van der Waals surface area contributed by atoms with E-state index in [0.29, 0.717) is 12.1 Å². The zero-order chi connectivity index (χ0) is 23.8. The van der Waals surface area contributed by atoms with Crippen molar-refractivity contribution < 1.29 is 4.79 Å². The van der Waals surface area contributed by atoms with Gasteiger partial charge in [-0.1, -0.05) is 52.0 Å². The quantitative estimate of drug-likeness (QED) is 0.531. The summed E-state index contributed by atoms with van der Waals surface area (Å²) in [5.41, 5.74) is 9.47. The van der Waals surface area contributed by atoms with E-state index in [1.54, 1.807) is 12.4 Å². The molecule has 0 saturated carbocycles. The Morgan fingerprint density at radius 1 is 0.939 bits per heavy atom. The highest BCUT2D eigenvalue weighted by atomic mass is 16.1. The summed E-state index contributed by atoms with van der Waals surface area (Å²) < 4.78 is 0. The molecule has 2 aromatic carbocycles. The maximum atomic E-state index is 12.7. The van der Waals surface area contributed by atoms with Gasteiger partial charge < -0.3 is 5.32 Å². The summed E-state index contributed by atoms with van der Waals surface area (Å²) in [5, 5.41) is 2.96. The molecule has 0 spiro atoms. The van der Waals surface area contributed by atoms with Crippen LogP contribution >= 0.6 is 0 Å². The van der Waals surface area contributed by atoms with Crippen molar-refractivity contribution in [3.05, 3.63) is 93.6 Å². The molecule has 33 heavy (non-hydrogen) atoms. The molecule has 1 heterocycles. The number of nitrogens with one attached hydrogen (secondary N) is 1. The van der Waals surface area contributed by atoms with E-state index in [1.165, 1.54) is 35.1 Å². The third kappa shape index (κ3) is 5.00. The highest BCUT2D eigenvalue weighted by Crippen LogP contribution is 2.46. The van der Waals surface area contributed by atoms with Crippen molar-refractivity contribution >= 4 is 5.91 Å². The number of aryl methyl sites for hydroxylation is 2. The van der Waals surface area contributed by atoms with Gasteiger partial charge in [-0.2, -0.15) is 0 Å². The molecule has 1 aromatic heterocycles. The molecule has 172 valence electrons. The Balaban J connectivity index is 1.54. The second-order valence-electron chi connectivity index (χ2n) is 10.8. The van der Waals surface area contributed by atoms with Crippen LogP contribution in [0.15, 0.2) is 48.8 Å². The Bertz CT molecular complexity index is 1180. The summed E-state index contributed by atoms with van der Waals surface area (Å²) >= 11 is 0. The number of carbonyl (C=O) groups is 1. The molecule has 0 saturated heterocycles. The van der Waals surface area contributed by atoms with Crippen molar-refractivity contribution in [1.82, 2.24) is 15.3 Å². The average molecular weight is 442 g/mol. The summed E-state index contributed by atoms with van der Waals surface area (Å²) in [4.78, 5) is 21.3. The first kappa shape index (κ1) is 23.2. The first-order valence-corrected chi connectivity index (χ1v) is 11.8. The minimum atomic E-state index is -0.0933. The second-order valence-corrected chi connectivity index (χ2v) is 10.8. The van der Waals surface area contributed by atoms with Gasteiger partial charge in [-0.25, -0.2) is 0 Å². The maximum absolute atomic E-state index is 12.7. The Morgan fingerprint density at radius 2 is 1.64 bits per heavy atom. The first-order chi connectivity index (χ1) is 15.5. The minimum Gasteiger partial charge on any atom is -0.346 e. The van der Waals surface area contributed by atoms with Crippen molar-refractivity contribution in [2.75, 3.05) is 0 Å². The molecular formula is C29H35N3O. The molecule has 0 bridgehead atoms. The summed E-state index contributed by atoms with van der Waals surface area (Å²) in [6.45, 7) is 13.9. The Hall–Kier alpha value is -3.01. The smallest absolute Gasteiger partial charge is 0.251 e. The van der Waals surface area contributed by atoms with Crippen LogP contribution in [0.1, 0.15) is 90.1 Å². The number of hydrogen-bond acceptors (Lipinski definition) is 3. The van der Waals surface area contributed by atoms with E-state index >= 15 is 0 Å². The Morgan fingerprint density at radius 3 is 2.30 bits per heavy atom. The van der Waals surface area contributed by atoms with Gasteiger partial charge in [-0.3, -0.25) is 14.8 Å². The van der Waals surface area contributed by atoms with Gasteiger partial charge >= 0.3 is 0 Å². The normalized spacial score (nSPS) is 16.2. The number of hydrogen-bond donors (Lipinski definition) is 1. The lowest BCUT2D eigenvalue weighted by molar-refractivity contribution is 0.0950. The second kappa shape index (κ2) is 8.74. The van der Waals surface area contributed by atoms with Crippen molar-refractivity contribution in [3.8, 4) is 0 Å². The number of fused-ring (bicyclic) bond motifs is 1. The van der Waals surface area contributed by atoms with Crippen LogP contribution < -0.4 is 5.32 Å². The first-order valence-electron chi connectivity index (χ1n) is 11.8. The standard InChI is InChI=1S/C29H35N3O/c1-19-12-25-26(29(5,6)11-10-28(25,3)4)15-23(19)14-21-8-7-9-22(13-21)27(33)32-18-24-17-30-20(2)16-31-24/h7-9,12-13,15-17H,10-11,14,18H2,1-6H3,(H,32,33). The van der Waals surface area contributed by atoms with Crippen LogP contribution in [-0.4, -0.2) is 15.9 Å². The van der Waals surface area contributed by atoms with Crippen LogP contribution in [0.2, 0.25) is 0 Å². The third-order valence-corrected chi connectivity index (χ3v) is 7.16. The molecule has 1 N–H and O–H groups in total. The van der Waals surface area contributed by atoms with Crippen molar-refractivity contribution in [2.45, 2.75) is 78.2 Å². The fourth-order valence-corrected chi connectivity index (χ4v) is 4.78. The predicted molar refractivity (Wildman–Crippen MR) is 134 cm³/mol.